The number of carbonyl (C=O) groups is 1. The number of fused-ring (bicyclic) bond motifs is 1. The van der Waals surface area contributed by atoms with Crippen LogP contribution in [0.2, 0.25) is 0 Å². The van der Waals surface area contributed by atoms with Gasteiger partial charge in [0.15, 0.2) is 0 Å². The van der Waals surface area contributed by atoms with E-state index in [4.69, 9.17) is 5.84 Å². The van der Waals surface area contributed by atoms with Crippen molar-refractivity contribution >= 4 is 26.8 Å². The third-order valence-electron chi connectivity index (χ3n) is 3.27. The second-order valence-electron chi connectivity index (χ2n) is 4.71. The number of rotatable bonds is 3. The standard InChI is InChI=1S/C14H12N4O4S/c15-17-23(21,22)13-11-3-1-2-4-12(11)18(16-13)14(20)9-5-7-10(19)8-6-9/h1-8,17,19H,15H2. The highest BCUT2D eigenvalue weighted by Crippen LogP contribution is 2.23. The SMILES string of the molecule is NNS(=O)(=O)c1nn(C(=O)c2ccc(O)cc2)c2ccccc12. The number of phenolic OH excluding ortho intramolecular Hbond substituents is 1. The van der Waals surface area contributed by atoms with Crippen molar-refractivity contribution < 1.29 is 18.3 Å². The van der Waals surface area contributed by atoms with Gasteiger partial charge in [-0.1, -0.05) is 12.1 Å². The molecule has 3 aromatic rings. The first-order valence-electron chi connectivity index (χ1n) is 6.48. The minimum atomic E-state index is -4.02. The average molecular weight is 332 g/mol. The molecule has 0 unspecified atom stereocenters. The van der Waals surface area contributed by atoms with Crippen LogP contribution >= 0.6 is 0 Å². The summed E-state index contributed by atoms with van der Waals surface area (Å²) in [6, 6.07) is 12.0. The van der Waals surface area contributed by atoms with E-state index in [1.807, 2.05) is 0 Å². The monoisotopic (exact) mass is 332 g/mol. The molecule has 1 heterocycles. The molecule has 0 atom stereocenters. The molecule has 4 N–H and O–H groups in total. The number of aromatic nitrogens is 2. The van der Waals surface area contributed by atoms with Crippen LogP contribution in [0.1, 0.15) is 10.4 Å². The zero-order valence-corrected chi connectivity index (χ0v) is 12.5. The van der Waals surface area contributed by atoms with Gasteiger partial charge in [-0.15, -0.1) is 4.83 Å². The summed E-state index contributed by atoms with van der Waals surface area (Å²) in [6.45, 7) is 0. The van der Waals surface area contributed by atoms with Gasteiger partial charge in [-0.05, 0) is 36.4 Å². The maximum atomic E-state index is 12.6. The van der Waals surface area contributed by atoms with Gasteiger partial charge in [0.1, 0.15) is 5.75 Å². The highest BCUT2D eigenvalue weighted by atomic mass is 32.2. The smallest absolute Gasteiger partial charge is 0.278 e. The maximum Gasteiger partial charge on any atom is 0.278 e. The van der Waals surface area contributed by atoms with Gasteiger partial charge in [0.2, 0.25) is 5.03 Å². The zero-order chi connectivity index (χ0) is 16.6. The number of nitrogens with one attached hydrogen (secondary N) is 1. The first-order chi connectivity index (χ1) is 10.9. The summed E-state index contributed by atoms with van der Waals surface area (Å²) in [5.74, 6) is 4.53. The Morgan fingerprint density at radius 3 is 2.43 bits per heavy atom. The Kier molecular flexibility index (Phi) is 3.60. The van der Waals surface area contributed by atoms with E-state index in [1.54, 1.807) is 23.0 Å². The van der Waals surface area contributed by atoms with Crippen LogP contribution in [-0.4, -0.2) is 29.2 Å². The fraction of sp³-hybridized carbons (Fsp3) is 0. The van der Waals surface area contributed by atoms with E-state index in [2.05, 4.69) is 5.10 Å². The van der Waals surface area contributed by atoms with Crippen molar-refractivity contribution in [2.24, 2.45) is 5.84 Å². The van der Waals surface area contributed by atoms with Gasteiger partial charge in [0.25, 0.3) is 15.9 Å². The zero-order valence-electron chi connectivity index (χ0n) is 11.7. The molecule has 0 amide bonds. The normalized spacial score (nSPS) is 11.7. The van der Waals surface area contributed by atoms with E-state index in [0.29, 0.717) is 5.52 Å². The lowest BCUT2D eigenvalue weighted by atomic mass is 10.2. The number of sulfonamides is 1. The van der Waals surface area contributed by atoms with Crippen LogP contribution in [0.15, 0.2) is 53.6 Å². The lowest BCUT2D eigenvalue weighted by Crippen LogP contribution is -2.31. The highest BCUT2D eigenvalue weighted by Gasteiger charge is 2.24. The summed E-state index contributed by atoms with van der Waals surface area (Å²) < 4.78 is 24.9. The molecular weight excluding hydrogens is 320 g/mol. The second-order valence-corrected chi connectivity index (χ2v) is 6.34. The molecule has 23 heavy (non-hydrogen) atoms. The molecule has 0 bridgehead atoms. The van der Waals surface area contributed by atoms with Crippen LogP contribution in [0.5, 0.6) is 5.75 Å². The molecule has 0 aliphatic heterocycles. The molecule has 0 saturated carbocycles. The number of carbonyl (C=O) groups excluding carboxylic acids is 1. The minimum Gasteiger partial charge on any atom is -0.508 e. The van der Waals surface area contributed by atoms with Crippen molar-refractivity contribution in [2.75, 3.05) is 0 Å². The van der Waals surface area contributed by atoms with Gasteiger partial charge in [0, 0.05) is 10.9 Å². The number of hydrazine groups is 1. The number of benzene rings is 2. The summed E-state index contributed by atoms with van der Waals surface area (Å²) >= 11 is 0. The molecule has 0 aliphatic carbocycles. The van der Waals surface area contributed by atoms with Gasteiger partial charge in [-0.3, -0.25) is 10.6 Å². The fourth-order valence-corrected chi connectivity index (χ4v) is 2.94. The van der Waals surface area contributed by atoms with E-state index in [-0.39, 0.29) is 21.7 Å². The maximum absolute atomic E-state index is 12.6. The third kappa shape index (κ3) is 2.57. The number of para-hydroxylation sites is 1. The van der Waals surface area contributed by atoms with Crippen LogP contribution in [0.3, 0.4) is 0 Å². The van der Waals surface area contributed by atoms with Crippen LogP contribution in [-0.2, 0) is 10.0 Å². The summed E-state index contributed by atoms with van der Waals surface area (Å²) in [5, 5.41) is 13.1. The van der Waals surface area contributed by atoms with Gasteiger partial charge >= 0.3 is 0 Å². The molecule has 9 heteroatoms. The Morgan fingerprint density at radius 1 is 1.13 bits per heavy atom. The largest absolute Gasteiger partial charge is 0.508 e. The molecular formula is C14H12N4O4S. The number of phenols is 1. The molecule has 0 spiro atoms. The molecule has 0 aliphatic rings. The summed E-state index contributed by atoms with van der Waals surface area (Å²) in [4.78, 5) is 14.3. The third-order valence-corrected chi connectivity index (χ3v) is 4.39. The molecule has 8 nitrogen and oxygen atoms in total. The Balaban J connectivity index is 2.22. The Labute approximate surface area is 131 Å². The molecule has 2 aromatic carbocycles. The van der Waals surface area contributed by atoms with Gasteiger partial charge < -0.3 is 5.11 Å². The van der Waals surface area contributed by atoms with Crippen molar-refractivity contribution in [1.29, 1.82) is 0 Å². The van der Waals surface area contributed by atoms with E-state index >= 15 is 0 Å². The summed E-state index contributed by atoms with van der Waals surface area (Å²) in [5.41, 5.74) is 0.583. The Morgan fingerprint density at radius 2 is 1.78 bits per heavy atom. The lowest BCUT2D eigenvalue weighted by molar-refractivity contribution is 0.0949. The van der Waals surface area contributed by atoms with Crippen molar-refractivity contribution in [3.05, 3.63) is 54.1 Å². The quantitative estimate of drug-likeness (QED) is 0.475. The molecule has 0 saturated heterocycles. The Hall–Kier alpha value is -2.75. The van der Waals surface area contributed by atoms with E-state index in [0.717, 1.165) is 4.68 Å². The van der Waals surface area contributed by atoms with Crippen LogP contribution in [0.4, 0.5) is 0 Å². The van der Waals surface area contributed by atoms with Gasteiger partial charge in [0.05, 0.1) is 5.52 Å². The summed E-state index contributed by atoms with van der Waals surface area (Å²) in [6.07, 6.45) is 0. The van der Waals surface area contributed by atoms with E-state index in [9.17, 15) is 18.3 Å². The molecule has 1 aromatic heterocycles. The number of aromatic hydroxyl groups is 1. The predicted molar refractivity (Wildman–Crippen MR) is 82.1 cm³/mol. The molecule has 0 fully saturated rings. The van der Waals surface area contributed by atoms with Crippen molar-refractivity contribution in [3.8, 4) is 5.75 Å². The second kappa shape index (κ2) is 5.47. The van der Waals surface area contributed by atoms with Crippen LogP contribution in [0.25, 0.3) is 10.9 Å². The topological polar surface area (TPSA) is 127 Å². The van der Waals surface area contributed by atoms with Crippen molar-refractivity contribution in [2.45, 2.75) is 5.03 Å². The molecule has 3 rings (SSSR count). The highest BCUT2D eigenvalue weighted by molar-refractivity contribution is 7.89. The van der Waals surface area contributed by atoms with E-state index in [1.165, 1.54) is 30.3 Å². The van der Waals surface area contributed by atoms with Gasteiger partial charge in [-0.2, -0.15) is 9.78 Å². The first-order valence-corrected chi connectivity index (χ1v) is 7.96. The number of nitrogens with two attached hydrogens (primary N) is 1. The number of nitrogens with zero attached hydrogens (tertiary/aromatic N) is 2. The first kappa shape index (κ1) is 15.2. The molecule has 0 radical (unpaired) electrons. The van der Waals surface area contributed by atoms with Crippen molar-refractivity contribution in [1.82, 2.24) is 14.6 Å². The van der Waals surface area contributed by atoms with E-state index < -0.39 is 15.9 Å². The van der Waals surface area contributed by atoms with Crippen LogP contribution in [0, 0.1) is 0 Å². The molecule has 118 valence electrons. The summed E-state index contributed by atoms with van der Waals surface area (Å²) in [7, 11) is -4.02. The van der Waals surface area contributed by atoms with Crippen molar-refractivity contribution in [3.63, 3.8) is 0 Å². The number of hydrogen-bond donors (Lipinski definition) is 3. The number of hydrogen-bond acceptors (Lipinski definition) is 6. The minimum absolute atomic E-state index is 0.0162. The Bertz CT molecular complexity index is 993. The fourth-order valence-electron chi connectivity index (χ4n) is 2.17. The van der Waals surface area contributed by atoms with Gasteiger partial charge in [-0.25, -0.2) is 8.42 Å². The average Bonchev–Trinajstić information content (AvgIpc) is 2.95. The lowest BCUT2D eigenvalue weighted by Gasteiger charge is -2.02. The predicted octanol–water partition coefficient (Wildman–Crippen LogP) is 0.582. The van der Waals surface area contributed by atoms with Crippen LogP contribution < -0.4 is 10.7 Å².